The first-order valence-corrected chi connectivity index (χ1v) is 9.51. The quantitative estimate of drug-likeness (QED) is 0.499. The van der Waals surface area contributed by atoms with Crippen LogP contribution in [0.5, 0.6) is 0 Å². The van der Waals surface area contributed by atoms with Crippen LogP contribution in [0.3, 0.4) is 0 Å². The fraction of sp³-hybridized carbons (Fsp3) is 0.478. The topological polar surface area (TPSA) is 32.7 Å². The van der Waals surface area contributed by atoms with Gasteiger partial charge in [-0.15, -0.1) is 0 Å². The Hall–Kier alpha value is -2.00. The van der Waals surface area contributed by atoms with E-state index in [1.165, 1.54) is 18.4 Å². The number of carbonyl (C=O) groups excluding carboxylic acids is 1. The van der Waals surface area contributed by atoms with Gasteiger partial charge in [-0.05, 0) is 82.3 Å². The average Bonchev–Trinajstić information content (AvgIpc) is 2.57. The van der Waals surface area contributed by atoms with Crippen LogP contribution in [0, 0.1) is 5.92 Å². The van der Waals surface area contributed by atoms with Gasteiger partial charge in [-0.25, -0.2) is 0 Å². The van der Waals surface area contributed by atoms with Crippen LogP contribution in [0.2, 0.25) is 0 Å². The third-order valence-electron chi connectivity index (χ3n) is 4.99. The Morgan fingerprint density at radius 1 is 1.19 bits per heavy atom. The number of piperidine rings is 1. The number of rotatable bonds is 6. The molecule has 26 heavy (non-hydrogen) atoms. The highest BCUT2D eigenvalue weighted by molar-refractivity contribution is 6.15. The van der Waals surface area contributed by atoms with Crippen molar-refractivity contribution in [2.24, 2.45) is 10.9 Å². The average molecular weight is 353 g/mol. The summed E-state index contributed by atoms with van der Waals surface area (Å²) in [6, 6.07) is 6.29. The van der Waals surface area contributed by atoms with Gasteiger partial charge in [0.15, 0.2) is 5.78 Å². The molecule has 0 radical (unpaired) electrons. The lowest BCUT2D eigenvalue weighted by Gasteiger charge is -2.30. The summed E-state index contributed by atoms with van der Waals surface area (Å²) in [5.74, 6) is 0.922. The molecule has 0 unspecified atom stereocenters. The van der Waals surface area contributed by atoms with Crippen LogP contribution in [0.25, 0.3) is 5.57 Å². The van der Waals surface area contributed by atoms with Crippen molar-refractivity contribution in [2.75, 3.05) is 13.1 Å². The molecule has 0 aromatic heterocycles. The van der Waals surface area contributed by atoms with Crippen LogP contribution in [0.4, 0.5) is 0 Å². The van der Waals surface area contributed by atoms with Gasteiger partial charge >= 0.3 is 0 Å². The molecule has 2 rings (SSSR count). The van der Waals surface area contributed by atoms with Crippen molar-refractivity contribution >= 4 is 17.6 Å². The zero-order chi connectivity index (χ0) is 19.3. The number of aliphatic imine (C=N–C) groups is 1. The summed E-state index contributed by atoms with van der Waals surface area (Å²) in [6.45, 7) is 17.0. The largest absolute Gasteiger partial charge is 0.299 e. The Labute approximate surface area is 158 Å². The number of likely N-dealkylation sites (tertiary alicyclic amines) is 1. The van der Waals surface area contributed by atoms with Crippen molar-refractivity contribution in [3.8, 4) is 0 Å². The van der Waals surface area contributed by atoms with Crippen LogP contribution in [0.1, 0.15) is 68.9 Å². The lowest BCUT2D eigenvalue weighted by molar-refractivity contribution is 0.101. The number of allylic oxidation sites excluding steroid dienone is 3. The normalized spacial score (nSPS) is 16.0. The van der Waals surface area contributed by atoms with E-state index < -0.39 is 0 Å². The van der Waals surface area contributed by atoms with Crippen molar-refractivity contribution in [1.29, 1.82) is 0 Å². The molecule has 1 aliphatic heterocycles. The molecule has 0 N–H and O–H groups in total. The Kier molecular flexibility index (Phi) is 7.10. The lowest BCUT2D eigenvalue weighted by atomic mass is 9.93. The van der Waals surface area contributed by atoms with Gasteiger partial charge in [0.2, 0.25) is 0 Å². The van der Waals surface area contributed by atoms with Crippen LogP contribution in [0.15, 0.2) is 41.0 Å². The molecule has 3 nitrogen and oxygen atoms in total. The number of benzene rings is 1. The first-order valence-electron chi connectivity index (χ1n) is 9.51. The fourth-order valence-corrected chi connectivity index (χ4v) is 3.34. The molecule has 3 heteroatoms. The number of carbonyl (C=O) groups is 1. The summed E-state index contributed by atoms with van der Waals surface area (Å²) in [4.78, 5) is 19.2. The molecule has 1 aliphatic rings. The van der Waals surface area contributed by atoms with Gasteiger partial charge in [-0.3, -0.25) is 14.7 Å². The standard InChI is InChI=1S/C23H32N2O/c1-16(2)23(14-24-17(3)4)21-8-7-20(13-22(21)19(6)26)15-25-11-9-18(5)10-12-25/h7-8,13-14,18H,3,9-12,15H2,1-2,4-6H3. The van der Waals surface area contributed by atoms with Crippen molar-refractivity contribution in [2.45, 2.75) is 54.0 Å². The monoisotopic (exact) mass is 352 g/mol. The molecule has 1 saturated heterocycles. The Balaban J connectivity index is 2.32. The van der Waals surface area contributed by atoms with E-state index in [2.05, 4.69) is 41.6 Å². The van der Waals surface area contributed by atoms with Crippen molar-refractivity contribution in [3.05, 3.63) is 52.7 Å². The summed E-state index contributed by atoms with van der Waals surface area (Å²) in [6.07, 6.45) is 4.35. The van der Waals surface area contributed by atoms with Gasteiger partial charge in [0.05, 0.1) is 0 Å². The molecule has 0 atom stereocenters. The van der Waals surface area contributed by atoms with E-state index in [0.29, 0.717) is 0 Å². The fourth-order valence-electron chi connectivity index (χ4n) is 3.34. The van der Waals surface area contributed by atoms with Crippen LogP contribution < -0.4 is 0 Å². The molecule has 0 bridgehead atoms. The molecule has 1 aromatic carbocycles. The van der Waals surface area contributed by atoms with Crippen LogP contribution >= 0.6 is 0 Å². The minimum Gasteiger partial charge on any atom is -0.299 e. The second-order valence-corrected chi connectivity index (χ2v) is 7.80. The smallest absolute Gasteiger partial charge is 0.160 e. The maximum atomic E-state index is 12.3. The minimum atomic E-state index is 0.0941. The highest BCUT2D eigenvalue weighted by atomic mass is 16.1. The number of Topliss-reactive ketones (excluding diaryl/α,β-unsaturated/α-hetero) is 1. The minimum absolute atomic E-state index is 0.0941. The van der Waals surface area contributed by atoms with Gasteiger partial charge in [0.1, 0.15) is 0 Å². The maximum absolute atomic E-state index is 12.3. The van der Waals surface area contributed by atoms with E-state index in [1.54, 1.807) is 6.92 Å². The van der Waals surface area contributed by atoms with Gasteiger partial charge in [0, 0.05) is 24.0 Å². The van der Waals surface area contributed by atoms with Crippen molar-refractivity contribution in [3.63, 3.8) is 0 Å². The highest BCUT2D eigenvalue weighted by Gasteiger charge is 2.17. The first-order chi connectivity index (χ1) is 12.3. The first kappa shape index (κ1) is 20.3. The third kappa shape index (κ3) is 5.50. The number of hydrogen-bond donors (Lipinski definition) is 0. The van der Waals surface area contributed by atoms with Crippen molar-refractivity contribution in [1.82, 2.24) is 4.90 Å². The second kappa shape index (κ2) is 9.09. The molecular weight excluding hydrogens is 320 g/mol. The van der Waals surface area contributed by atoms with Crippen LogP contribution in [-0.4, -0.2) is 30.0 Å². The van der Waals surface area contributed by atoms with Crippen molar-refractivity contribution < 1.29 is 4.79 Å². The SMILES string of the molecule is C=C(C)N=CC(=C(C)C)c1ccc(CN2CCC(C)CC2)cc1C(C)=O. The summed E-state index contributed by atoms with van der Waals surface area (Å²) in [5, 5.41) is 0. The van der Waals surface area contributed by atoms with Gasteiger partial charge in [0.25, 0.3) is 0 Å². The molecule has 0 spiro atoms. The van der Waals surface area contributed by atoms with E-state index in [-0.39, 0.29) is 5.78 Å². The van der Waals surface area contributed by atoms with Gasteiger partial charge < -0.3 is 0 Å². The zero-order valence-corrected chi connectivity index (χ0v) is 16.9. The Morgan fingerprint density at radius 2 is 1.85 bits per heavy atom. The van der Waals surface area contributed by atoms with E-state index >= 15 is 0 Å². The lowest BCUT2D eigenvalue weighted by Crippen LogP contribution is -2.32. The summed E-state index contributed by atoms with van der Waals surface area (Å²) in [5.41, 5.74) is 5.82. The highest BCUT2D eigenvalue weighted by Crippen LogP contribution is 2.25. The van der Waals surface area contributed by atoms with Crippen LogP contribution in [-0.2, 0) is 6.54 Å². The predicted molar refractivity (Wildman–Crippen MR) is 112 cm³/mol. The molecule has 0 aliphatic carbocycles. The molecule has 1 fully saturated rings. The van der Waals surface area contributed by atoms with E-state index in [1.807, 2.05) is 27.0 Å². The van der Waals surface area contributed by atoms with Gasteiger partial charge in [-0.1, -0.05) is 31.2 Å². The summed E-state index contributed by atoms with van der Waals surface area (Å²) < 4.78 is 0. The maximum Gasteiger partial charge on any atom is 0.160 e. The Bertz CT molecular complexity index is 731. The number of hydrogen-bond acceptors (Lipinski definition) is 3. The van der Waals surface area contributed by atoms with E-state index in [4.69, 9.17) is 0 Å². The molecular formula is C23H32N2O. The Morgan fingerprint density at radius 3 is 2.38 bits per heavy atom. The van der Waals surface area contributed by atoms with E-state index in [0.717, 1.165) is 53.5 Å². The molecule has 1 heterocycles. The number of nitrogens with zero attached hydrogens (tertiary/aromatic N) is 2. The van der Waals surface area contributed by atoms with E-state index in [9.17, 15) is 4.79 Å². The second-order valence-electron chi connectivity index (χ2n) is 7.80. The zero-order valence-electron chi connectivity index (χ0n) is 16.9. The third-order valence-corrected chi connectivity index (χ3v) is 4.99. The molecule has 0 saturated carbocycles. The summed E-state index contributed by atoms with van der Waals surface area (Å²) >= 11 is 0. The predicted octanol–water partition coefficient (Wildman–Crippen LogP) is 5.52. The molecule has 0 amide bonds. The summed E-state index contributed by atoms with van der Waals surface area (Å²) in [7, 11) is 0. The molecule has 1 aromatic rings. The number of ketones is 1. The molecule has 140 valence electrons. The van der Waals surface area contributed by atoms with Gasteiger partial charge in [-0.2, -0.15) is 0 Å².